The number of nitrogens with one attached hydrogen (secondary N) is 1. The van der Waals surface area contributed by atoms with E-state index in [9.17, 15) is 9.65 Å². The number of aromatic nitrogens is 2. The zero-order valence-corrected chi connectivity index (χ0v) is 23.0. The molecule has 41 heavy (non-hydrogen) atoms. The number of benzene rings is 1. The molecule has 0 spiro atoms. The number of hydrogen-bond acceptors (Lipinski definition) is 10. The van der Waals surface area contributed by atoms with Crippen molar-refractivity contribution >= 4 is 22.7 Å². The lowest BCUT2D eigenvalue weighted by molar-refractivity contribution is 0.0176. The predicted octanol–water partition coefficient (Wildman–Crippen LogP) is 3.62. The molecule has 2 bridgehead atoms. The molecule has 1 saturated carbocycles. The van der Waals surface area contributed by atoms with E-state index in [2.05, 4.69) is 26.3 Å². The number of morpholine rings is 1. The number of rotatable bonds is 6. The fourth-order valence-corrected chi connectivity index (χ4v) is 7.88. The number of nitrogens with zero attached hydrogens (tertiary/aromatic N) is 4. The van der Waals surface area contributed by atoms with Gasteiger partial charge in [0.15, 0.2) is 11.6 Å². The quantitative estimate of drug-likeness (QED) is 0.526. The second-order valence-corrected chi connectivity index (χ2v) is 12.8. The summed E-state index contributed by atoms with van der Waals surface area (Å²) in [5, 5.41) is 13.4. The number of nitrogens with two attached hydrogens (primary N) is 1. The van der Waals surface area contributed by atoms with Gasteiger partial charge < -0.3 is 25.3 Å². The summed E-state index contributed by atoms with van der Waals surface area (Å²) in [6.07, 6.45) is 6.42. The van der Waals surface area contributed by atoms with Crippen LogP contribution in [-0.4, -0.2) is 59.1 Å². The SMILES string of the molecule is N#CC1=C(N)CSC2=C1C(c1c3c(c4cnc(OCC5(CN6C[C@H]7C[C@@H]6CO7)CC5)nc4c1F)COC3)NC=C2F. The maximum Gasteiger partial charge on any atom is 0.317 e. The average Bonchev–Trinajstić information content (AvgIpc) is 3.31. The first-order valence-electron chi connectivity index (χ1n) is 13.9. The molecule has 12 heteroatoms. The molecular formula is C29H28F2N6O3S. The first kappa shape index (κ1) is 25.5. The minimum absolute atomic E-state index is 0.0577. The van der Waals surface area contributed by atoms with Gasteiger partial charge in [0.2, 0.25) is 0 Å². The van der Waals surface area contributed by atoms with Crippen LogP contribution in [0.4, 0.5) is 8.78 Å². The fraction of sp³-hybridized carbons (Fsp3) is 0.483. The normalized spacial score (nSPS) is 27.9. The Morgan fingerprint density at radius 2 is 2.15 bits per heavy atom. The molecule has 1 aromatic carbocycles. The third-order valence-corrected chi connectivity index (χ3v) is 10.4. The molecule has 1 aliphatic carbocycles. The Bertz CT molecular complexity index is 1630. The smallest absolute Gasteiger partial charge is 0.317 e. The molecule has 0 radical (unpaired) electrons. The van der Waals surface area contributed by atoms with Crippen molar-refractivity contribution in [2.24, 2.45) is 11.1 Å². The van der Waals surface area contributed by atoms with Crippen LogP contribution in [0.3, 0.4) is 0 Å². The summed E-state index contributed by atoms with van der Waals surface area (Å²) in [4.78, 5) is 11.8. The van der Waals surface area contributed by atoms with Gasteiger partial charge in [0, 0.05) is 64.9 Å². The molecule has 2 aromatic rings. The Labute approximate surface area is 239 Å². The van der Waals surface area contributed by atoms with Crippen LogP contribution in [0.5, 0.6) is 6.01 Å². The van der Waals surface area contributed by atoms with Gasteiger partial charge in [-0.25, -0.2) is 13.8 Å². The third kappa shape index (κ3) is 4.05. The van der Waals surface area contributed by atoms with Gasteiger partial charge in [0.05, 0.1) is 49.1 Å². The Balaban J connectivity index is 1.14. The lowest BCUT2D eigenvalue weighted by Gasteiger charge is -2.32. The van der Waals surface area contributed by atoms with Crippen LogP contribution < -0.4 is 15.8 Å². The van der Waals surface area contributed by atoms with Crippen LogP contribution in [0.25, 0.3) is 10.9 Å². The number of dihydropyridines is 1. The van der Waals surface area contributed by atoms with Crippen molar-refractivity contribution < 1.29 is 23.0 Å². The highest BCUT2D eigenvalue weighted by molar-refractivity contribution is 8.03. The lowest BCUT2D eigenvalue weighted by Crippen LogP contribution is -2.42. The molecule has 0 amide bonds. The van der Waals surface area contributed by atoms with Crippen LogP contribution in [0.15, 0.2) is 40.0 Å². The van der Waals surface area contributed by atoms with E-state index in [0.717, 1.165) is 44.5 Å². The number of nitriles is 1. The van der Waals surface area contributed by atoms with E-state index >= 15 is 4.39 Å². The summed E-state index contributed by atoms with van der Waals surface area (Å²) in [7, 11) is 0. The zero-order chi connectivity index (χ0) is 27.9. The van der Waals surface area contributed by atoms with Gasteiger partial charge in [-0.1, -0.05) is 0 Å². The highest BCUT2D eigenvalue weighted by Gasteiger charge is 2.49. The number of ether oxygens (including phenoxy) is 3. The van der Waals surface area contributed by atoms with Gasteiger partial charge in [-0.2, -0.15) is 10.2 Å². The van der Waals surface area contributed by atoms with Gasteiger partial charge >= 0.3 is 6.01 Å². The van der Waals surface area contributed by atoms with Gasteiger partial charge in [0.25, 0.3) is 0 Å². The fourth-order valence-electron chi connectivity index (χ4n) is 6.86. The van der Waals surface area contributed by atoms with E-state index < -0.39 is 17.7 Å². The zero-order valence-electron chi connectivity index (χ0n) is 22.2. The van der Waals surface area contributed by atoms with Gasteiger partial charge in [0.1, 0.15) is 11.6 Å². The van der Waals surface area contributed by atoms with E-state index in [1.165, 1.54) is 18.0 Å². The number of halogens is 2. The highest BCUT2D eigenvalue weighted by atomic mass is 32.2. The molecule has 6 aliphatic rings. The second kappa shape index (κ2) is 9.39. The molecule has 3 atom stereocenters. The maximum absolute atomic E-state index is 16.6. The summed E-state index contributed by atoms with van der Waals surface area (Å²) in [6.45, 7) is 3.65. The van der Waals surface area contributed by atoms with Gasteiger partial charge in [-0.05, 0) is 30.4 Å². The van der Waals surface area contributed by atoms with Crippen LogP contribution in [0.2, 0.25) is 0 Å². The molecule has 212 valence electrons. The molecular weight excluding hydrogens is 550 g/mol. The van der Waals surface area contributed by atoms with Gasteiger partial charge in [-0.3, -0.25) is 4.90 Å². The number of likely N-dealkylation sites (tertiary alicyclic amines) is 1. The summed E-state index contributed by atoms with van der Waals surface area (Å²) >= 11 is 1.21. The molecule has 5 aliphatic heterocycles. The lowest BCUT2D eigenvalue weighted by atomic mass is 9.85. The first-order chi connectivity index (χ1) is 19.9. The van der Waals surface area contributed by atoms with E-state index in [-0.39, 0.29) is 41.3 Å². The van der Waals surface area contributed by atoms with Gasteiger partial charge in [-0.15, -0.1) is 11.8 Å². The van der Waals surface area contributed by atoms with Crippen molar-refractivity contribution in [3.8, 4) is 12.1 Å². The molecule has 1 unspecified atom stereocenters. The molecule has 8 rings (SSSR count). The van der Waals surface area contributed by atoms with Crippen LogP contribution in [0.1, 0.15) is 42.0 Å². The highest BCUT2D eigenvalue weighted by Crippen LogP contribution is 2.49. The summed E-state index contributed by atoms with van der Waals surface area (Å²) in [6, 6.07) is 1.90. The maximum atomic E-state index is 16.6. The van der Waals surface area contributed by atoms with Crippen LogP contribution in [0, 0.1) is 22.6 Å². The molecule has 1 aromatic heterocycles. The topological polar surface area (TPSA) is 119 Å². The summed E-state index contributed by atoms with van der Waals surface area (Å²) in [5.41, 5.74) is 8.90. The van der Waals surface area contributed by atoms with E-state index in [1.54, 1.807) is 6.20 Å². The third-order valence-electron chi connectivity index (χ3n) is 9.23. The predicted molar refractivity (Wildman–Crippen MR) is 146 cm³/mol. The van der Waals surface area contributed by atoms with Crippen molar-refractivity contribution in [1.82, 2.24) is 20.2 Å². The molecule has 6 heterocycles. The van der Waals surface area contributed by atoms with Crippen LogP contribution >= 0.6 is 11.8 Å². The Kier molecular flexibility index (Phi) is 5.83. The van der Waals surface area contributed by atoms with E-state index in [1.807, 2.05) is 0 Å². The average molecular weight is 579 g/mol. The van der Waals surface area contributed by atoms with Crippen LogP contribution in [-0.2, 0) is 22.7 Å². The standard InChI is InChI=1S/C29H28F2N6O3S/c30-20-6-34-26(23-16(4-32)21(33)11-41-27(20)23)22-19-10-38-9-18(19)17-5-35-28(36-25(17)24(22)31)40-13-29(1-2-29)12-37-7-15-3-14(37)8-39-15/h5-6,14-15,26,34H,1-3,7-13,33H2/t14-,15-,26?/m1/s1. The minimum atomic E-state index is -0.834. The Morgan fingerprint density at radius 3 is 2.90 bits per heavy atom. The Hall–Kier alpha value is -3.24. The van der Waals surface area contributed by atoms with Crippen molar-refractivity contribution in [1.29, 1.82) is 5.26 Å². The van der Waals surface area contributed by atoms with Crippen molar-refractivity contribution in [3.05, 3.63) is 62.5 Å². The monoisotopic (exact) mass is 578 g/mol. The molecule has 3 N–H and O–H groups in total. The summed E-state index contributed by atoms with van der Waals surface area (Å²) in [5.74, 6) is -0.784. The minimum Gasteiger partial charge on any atom is -0.463 e. The number of hydrogen-bond donors (Lipinski definition) is 2. The largest absolute Gasteiger partial charge is 0.463 e. The number of allylic oxidation sites excluding steroid dienone is 1. The van der Waals surface area contributed by atoms with E-state index in [4.69, 9.17) is 19.9 Å². The molecule has 2 saturated heterocycles. The van der Waals surface area contributed by atoms with Crippen molar-refractivity contribution in [2.75, 3.05) is 32.1 Å². The number of thioether (sulfide) groups is 1. The first-order valence-corrected chi connectivity index (χ1v) is 14.9. The van der Waals surface area contributed by atoms with E-state index in [0.29, 0.717) is 51.6 Å². The van der Waals surface area contributed by atoms with Crippen molar-refractivity contribution in [3.63, 3.8) is 0 Å². The summed E-state index contributed by atoms with van der Waals surface area (Å²) < 4.78 is 49.0. The van der Waals surface area contributed by atoms with Crippen molar-refractivity contribution in [2.45, 2.75) is 50.7 Å². The second-order valence-electron chi connectivity index (χ2n) is 11.8. The molecule has 3 fully saturated rings. The Morgan fingerprint density at radius 1 is 1.29 bits per heavy atom. The molecule has 9 nitrogen and oxygen atoms in total. The number of fused-ring (bicyclic) bond motifs is 5.